The van der Waals surface area contributed by atoms with Gasteiger partial charge in [-0.25, -0.2) is 9.59 Å². The summed E-state index contributed by atoms with van der Waals surface area (Å²) < 4.78 is 15.6. The van der Waals surface area contributed by atoms with Gasteiger partial charge in [-0.15, -0.1) is 0 Å². The van der Waals surface area contributed by atoms with Crippen molar-refractivity contribution in [2.24, 2.45) is 0 Å². The lowest BCUT2D eigenvalue weighted by Gasteiger charge is -2.04. The first kappa shape index (κ1) is 19.8. The molecule has 3 rings (SSSR count). The van der Waals surface area contributed by atoms with Crippen LogP contribution in [-0.2, 0) is 9.47 Å². The zero-order valence-corrected chi connectivity index (χ0v) is 15.9. The first-order valence-corrected chi connectivity index (χ1v) is 8.52. The Morgan fingerprint density at radius 1 is 0.828 bits per heavy atom. The average molecular weight is 395 g/mol. The fourth-order valence-corrected chi connectivity index (χ4v) is 2.87. The van der Waals surface area contributed by atoms with Crippen molar-refractivity contribution in [1.29, 1.82) is 0 Å². The van der Waals surface area contributed by atoms with Crippen LogP contribution in [0.2, 0.25) is 0 Å². The van der Waals surface area contributed by atoms with Crippen molar-refractivity contribution in [3.05, 3.63) is 75.3 Å². The summed E-state index contributed by atoms with van der Waals surface area (Å²) in [5, 5.41) is 10.9. The number of esters is 2. The highest BCUT2D eigenvalue weighted by molar-refractivity contribution is 6.10. The van der Waals surface area contributed by atoms with Crippen LogP contribution in [0.5, 0.6) is 0 Å². The molecule has 0 aliphatic heterocycles. The second-order valence-electron chi connectivity index (χ2n) is 6.16. The van der Waals surface area contributed by atoms with Gasteiger partial charge < -0.3 is 13.9 Å². The number of carbonyl (C=O) groups excluding carboxylic acids is 2. The third-order valence-electron chi connectivity index (χ3n) is 4.34. The molecule has 0 unspecified atom stereocenters. The summed E-state index contributed by atoms with van der Waals surface area (Å²) in [6.07, 6.45) is 0. The van der Waals surface area contributed by atoms with Gasteiger partial charge >= 0.3 is 11.9 Å². The van der Waals surface area contributed by atoms with Gasteiger partial charge in [-0.05, 0) is 19.1 Å². The lowest BCUT2D eigenvalue weighted by atomic mass is 10.0. The third kappa shape index (κ3) is 3.73. The third-order valence-corrected chi connectivity index (χ3v) is 4.34. The number of benzene rings is 2. The highest BCUT2D eigenvalue weighted by Crippen LogP contribution is 2.38. The highest BCUT2D eigenvalue weighted by atomic mass is 16.6. The molecule has 0 spiro atoms. The van der Waals surface area contributed by atoms with E-state index >= 15 is 0 Å². The predicted octanol–water partition coefficient (Wildman–Crippen LogP) is 4.40. The van der Waals surface area contributed by atoms with E-state index in [2.05, 4.69) is 0 Å². The molecule has 0 saturated heterocycles. The Morgan fingerprint density at radius 3 is 1.62 bits per heavy atom. The monoisotopic (exact) mass is 395 g/mol. The van der Waals surface area contributed by atoms with Gasteiger partial charge in [0.05, 0.1) is 19.1 Å². The minimum atomic E-state index is -0.791. The Morgan fingerprint density at radius 2 is 1.24 bits per heavy atom. The Balaban J connectivity index is 2.29. The molecule has 8 nitrogen and oxygen atoms in total. The first-order valence-electron chi connectivity index (χ1n) is 8.52. The normalized spacial score (nSPS) is 10.4. The molecule has 8 heteroatoms. The van der Waals surface area contributed by atoms with E-state index in [9.17, 15) is 19.7 Å². The number of furan rings is 1. The number of nitro benzene ring substituents is 1. The molecule has 0 N–H and O–H groups in total. The maximum Gasteiger partial charge on any atom is 0.342 e. The van der Waals surface area contributed by atoms with Crippen molar-refractivity contribution in [3.8, 4) is 22.6 Å². The number of hydrogen-bond donors (Lipinski definition) is 0. The molecule has 0 amide bonds. The smallest absolute Gasteiger partial charge is 0.342 e. The fraction of sp³-hybridized carbons (Fsp3) is 0.143. The largest absolute Gasteiger partial charge is 0.465 e. The van der Waals surface area contributed by atoms with Crippen molar-refractivity contribution < 1.29 is 28.4 Å². The molecule has 0 saturated carbocycles. The Hall–Kier alpha value is -3.94. The molecule has 1 heterocycles. The standard InChI is InChI=1S/C21H17NO7/c1-12-4-6-13(7-5-12)18-16(20(23)27-2)17(21(24)28-3)19(29-18)14-8-10-15(11-9-14)22(25)26/h4-11H,1-3H3. The summed E-state index contributed by atoms with van der Waals surface area (Å²) in [6.45, 7) is 1.91. The predicted molar refractivity (Wildman–Crippen MR) is 104 cm³/mol. The molecule has 3 aromatic rings. The summed E-state index contributed by atoms with van der Waals surface area (Å²) >= 11 is 0. The molecule has 0 bridgehead atoms. The number of ether oxygens (including phenoxy) is 2. The van der Waals surface area contributed by atoms with Crippen molar-refractivity contribution in [3.63, 3.8) is 0 Å². The lowest BCUT2D eigenvalue weighted by Crippen LogP contribution is -2.11. The molecule has 148 valence electrons. The number of methoxy groups -OCH3 is 2. The van der Waals surface area contributed by atoms with Gasteiger partial charge in [-0.2, -0.15) is 0 Å². The van der Waals surface area contributed by atoms with Crippen LogP contribution in [-0.4, -0.2) is 31.1 Å². The topological polar surface area (TPSA) is 109 Å². The number of hydrogen-bond acceptors (Lipinski definition) is 7. The molecule has 0 aliphatic carbocycles. The Labute approximate surface area is 165 Å². The van der Waals surface area contributed by atoms with E-state index in [1.54, 1.807) is 12.1 Å². The second-order valence-corrected chi connectivity index (χ2v) is 6.16. The van der Waals surface area contributed by atoms with E-state index in [0.717, 1.165) is 5.56 Å². The van der Waals surface area contributed by atoms with Crippen molar-refractivity contribution in [1.82, 2.24) is 0 Å². The summed E-state index contributed by atoms with van der Waals surface area (Å²) in [6, 6.07) is 12.6. The second kappa shape index (κ2) is 7.97. The SMILES string of the molecule is COC(=O)c1c(-c2ccc(C)cc2)oc(-c2ccc([N+](=O)[O-])cc2)c1C(=O)OC. The van der Waals surface area contributed by atoms with Crippen LogP contribution in [0.15, 0.2) is 52.9 Å². The van der Waals surface area contributed by atoms with Crippen LogP contribution in [0.1, 0.15) is 26.3 Å². The van der Waals surface area contributed by atoms with Gasteiger partial charge in [-0.1, -0.05) is 29.8 Å². The zero-order chi connectivity index (χ0) is 21.1. The summed E-state index contributed by atoms with van der Waals surface area (Å²) in [5.41, 5.74) is 1.64. The Bertz CT molecular complexity index is 1080. The molecule has 0 radical (unpaired) electrons. The van der Waals surface area contributed by atoms with Gasteiger partial charge in [0.25, 0.3) is 5.69 Å². The minimum Gasteiger partial charge on any atom is -0.465 e. The lowest BCUT2D eigenvalue weighted by molar-refractivity contribution is -0.384. The number of nitro groups is 1. The van der Waals surface area contributed by atoms with Crippen LogP contribution in [0.4, 0.5) is 5.69 Å². The number of carbonyl (C=O) groups is 2. The van der Waals surface area contributed by atoms with E-state index in [1.165, 1.54) is 38.5 Å². The van der Waals surface area contributed by atoms with Crippen molar-refractivity contribution in [2.75, 3.05) is 14.2 Å². The van der Waals surface area contributed by atoms with Gasteiger partial charge in [0.1, 0.15) is 22.6 Å². The van der Waals surface area contributed by atoms with Crippen LogP contribution in [0, 0.1) is 17.0 Å². The average Bonchev–Trinajstić information content (AvgIpc) is 3.13. The Kier molecular flexibility index (Phi) is 5.45. The maximum absolute atomic E-state index is 12.5. The van der Waals surface area contributed by atoms with Crippen molar-refractivity contribution in [2.45, 2.75) is 6.92 Å². The molecule has 0 fully saturated rings. The maximum atomic E-state index is 12.5. The number of aryl methyl sites for hydroxylation is 1. The number of rotatable bonds is 5. The van der Waals surface area contributed by atoms with Crippen LogP contribution in [0.25, 0.3) is 22.6 Å². The molecule has 2 aromatic carbocycles. The molecule has 29 heavy (non-hydrogen) atoms. The zero-order valence-electron chi connectivity index (χ0n) is 15.9. The highest BCUT2D eigenvalue weighted by Gasteiger charge is 2.33. The minimum absolute atomic E-state index is 0.0581. The van der Waals surface area contributed by atoms with Crippen LogP contribution < -0.4 is 0 Å². The van der Waals surface area contributed by atoms with Gasteiger partial charge in [0.15, 0.2) is 0 Å². The summed E-state index contributed by atoms with van der Waals surface area (Å²) in [4.78, 5) is 35.4. The van der Waals surface area contributed by atoms with E-state index in [1.807, 2.05) is 19.1 Å². The van der Waals surface area contributed by atoms with Crippen LogP contribution in [0.3, 0.4) is 0 Å². The fourth-order valence-electron chi connectivity index (χ4n) is 2.87. The molecular weight excluding hydrogens is 378 g/mol. The van der Waals surface area contributed by atoms with Crippen LogP contribution >= 0.6 is 0 Å². The summed E-state index contributed by atoms with van der Waals surface area (Å²) in [5.74, 6) is -1.35. The molecular formula is C21H17NO7. The van der Waals surface area contributed by atoms with Gasteiger partial charge in [0, 0.05) is 23.3 Å². The molecule has 0 aliphatic rings. The van der Waals surface area contributed by atoms with E-state index in [4.69, 9.17) is 13.9 Å². The number of non-ortho nitro benzene ring substituents is 1. The van der Waals surface area contributed by atoms with E-state index < -0.39 is 16.9 Å². The summed E-state index contributed by atoms with van der Waals surface area (Å²) in [7, 11) is 2.38. The quantitative estimate of drug-likeness (QED) is 0.358. The van der Waals surface area contributed by atoms with E-state index in [0.29, 0.717) is 11.1 Å². The van der Waals surface area contributed by atoms with E-state index in [-0.39, 0.29) is 28.3 Å². The van der Waals surface area contributed by atoms with Crippen molar-refractivity contribution >= 4 is 17.6 Å². The van der Waals surface area contributed by atoms with Gasteiger partial charge in [-0.3, -0.25) is 10.1 Å². The first-order chi connectivity index (χ1) is 13.9. The van der Waals surface area contributed by atoms with Gasteiger partial charge in [0.2, 0.25) is 0 Å². The molecule has 1 aromatic heterocycles. The number of nitrogens with zero attached hydrogens (tertiary/aromatic N) is 1. The molecule has 0 atom stereocenters.